The summed E-state index contributed by atoms with van der Waals surface area (Å²) < 4.78 is 23.8. The van der Waals surface area contributed by atoms with Crippen molar-refractivity contribution in [3.63, 3.8) is 0 Å². The molecular formula is C21H27N5O7. The van der Waals surface area contributed by atoms with Gasteiger partial charge in [-0.25, -0.2) is 14.8 Å². The molecule has 12 nitrogen and oxygen atoms in total. The highest BCUT2D eigenvalue weighted by atomic mass is 16.7. The number of nitrogens with one attached hydrogen (secondary N) is 2. The first-order valence-electron chi connectivity index (χ1n) is 11.2. The molecule has 0 spiro atoms. The number of hydrogen-bond donors (Lipinski definition) is 2. The highest BCUT2D eigenvalue weighted by Gasteiger charge is 2.61. The molecule has 1 saturated carbocycles. The number of carbonyl (C=O) groups is 3. The number of aromatic nitrogens is 2. The highest BCUT2D eigenvalue weighted by molar-refractivity contribution is 5.82. The second kappa shape index (κ2) is 8.75. The minimum absolute atomic E-state index is 0.315. The van der Waals surface area contributed by atoms with Crippen LogP contribution in [0.4, 0.5) is 5.82 Å². The second-order valence-corrected chi connectivity index (χ2v) is 8.71. The Balaban J connectivity index is 1.41. The van der Waals surface area contributed by atoms with E-state index in [2.05, 4.69) is 20.6 Å². The van der Waals surface area contributed by atoms with E-state index in [1.54, 1.807) is 17.2 Å². The van der Waals surface area contributed by atoms with Crippen LogP contribution in [0.3, 0.4) is 0 Å². The van der Waals surface area contributed by atoms with Crippen molar-refractivity contribution in [3.8, 4) is 0 Å². The van der Waals surface area contributed by atoms with Crippen LogP contribution in [0, 0.1) is 0 Å². The van der Waals surface area contributed by atoms with E-state index in [0.717, 1.165) is 12.8 Å². The van der Waals surface area contributed by atoms with Crippen LogP contribution >= 0.6 is 0 Å². The Morgan fingerprint density at radius 3 is 2.64 bits per heavy atom. The molecule has 2 saturated heterocycles. The molecule has 4 aliphatic rings. The maximum atomic E-state index is 12.2. The lowest BCUT2D eigenvalue weighted by Crippen LogP contribution is -2.37. The number of hydrogen-bond acceptors (Lipinski definition) is 11. The van der Waals surface area contributed by atoms with Crippen LogP contribution in [0.15, 0.2) is 11.3 Å². The largest absolute Gasteiger partial charge is 0.454 e. The van der Waals surface area contributed by atoms with Crippen molar-refractivity contribution < 1.29 is 33.3 Å². The molecule has 2 N–H and O–H groups in total. The van der Waals surface area contributed by atoms with Gasteiger partial charge >= 0.3 is 17.9 Å². The third kappa shape index (κ3) is 4.08. The predicted octanol–water partition coefficient (Wildman–Crippen LogP) is 0.944. The molecule has 5 rings (SSSR count). The fourth-order valence-corrected chi connectivity index (χ4v) is 4.99. The lowest BCUT2D eigenvalue weighted by atomic mass is 9.95. The molecule has 3 fully saturated rings. The van der Waals surface area contributed by atoms with Gasteiger partial charge in [0.25, 0.3) is 0 Å². The molecule has 3 aliphatic heterocycles. The average Bonchev–Trinajstić information content (AvgIpc) is 3.43. The van der Waals surface area contributed by atoms with E-state index in [1.165, 1.54) is 33.1 Å². The summed E-state index contributed by atoms with van der Waals surface area (Å²) in [6, 6.07) is 0.372. The summed E-state index contributed by atoms with van der Waals surface area (Å²) in [5.41, 5.74) is 0.693. The molecule has 4 heterocycles. The number of esters is 3. The summed E-state index contributed by atoms with van der Waals surface area (Å²) >= 11 is 0. The van der Waals surface area contributed by atoms with Gasteiger partial charge in [-0.15, -0.1) is 0 Å². The zero-order valence-corrected chi connectivity index (χ0v) is 18.4. The van der Waals surface area contributed by atoms with Gasteiger partial charge in [0.05, 0.1) is 12.7 Å². The van der Waals surface area contributed by atoms with Gasteiger partial charge < -0.3 is 24.3 Å². The van der Waals surface area contributed by atoms with Crippen molar-refractivity contribution in [1.29, 1.82) is 0 Å². The van der Waals surface area contributed by atoms with E-state index in [-0.39, 0.29) is 6.17 Å². The molecule has 1 aromatic heterocycles. The summed E-state index contributed by atoms with van der Waals surface area (Å²) in [7, 11) is 0. The van der Waals surface area contributed by atoms with Gasteiger partial charge in [0.1, 0.15) is 23.8 Å². The van der Waals surface area contributed by atoms with Crippen molar-refractivity contribution in [3.05, 3.63) is 12.0 Å². The standard InChI is InChI=1S/C21H27N5O7/c1-10(27)30-16-14-15(17(21(29)33-14)31-11(2)28)32-20(16)26-9-24-13-18(22-8-23-19(13)26)25-12-6-4-3-5-7-12/h8-9,12,14-18,20,25H,3-7H2,1-2H3,(H,22,23)/t14-,15+,16+,17+,18-,20+/m1/s1. The molecule has 0 radical (unpaired) electrons. The van der Waals surface area contributed by atoms with Crippen molar-refractivity contribution >= 4 is 30.1 Å². The summed E-state index contributed by atoms with van der Waals surface area (Å²) in [4.78, 5) is 44.6. The first-order chi connectivity index (χ1) is 15.9. The van der Waals surface area contributed by atoms with Crippen molar-refractivity contribution in [2.24, 2.45) is 4.99 Å². The Morgan fingerprint density at radius 2 is 1.91 bits per heavy atom. The van der Waals surface area contributed by atoms with Crippen LogP contribution in [0.2, 0.25) is 0 Å². The molecule has 178 valence electrons. The maximum Gasteiger partial charge on any atom is 0.350 e. The number of rotatable bonds is 5. The normalized spacial score (nSPS) is 33.1. The topological polar surface area (TPSA) is 142 Å². The zero-order valence-electron chi connectivity index (χ0n) is 18.4. The van der Waals surface area contributed by atoms with E-state index in [1.807, 2.05) is 0 Å². The zero-order chi connectivity index (χ0) is 23.1. The minimum Gasteiger partial charge on any atom is -0.454 e. The molecule has 1 aromatic rings. The SMILES string of the molecule is CC(=O)O[C@H]1[C@@H]2OC(=O)[C@@H](OC(C)=O)[C@H]2O[C@@H]1n1cnc2c1NC=N[C@@H]2NC1CCCCC1. The van der Waals surface area contributed by atoms with Gasteiger partial charge in [-0.2, -0.15) is 0 Å². The van der Waals surface area contributed by atoms with Crippen molar-refractivity contribution in [1.82, 2.24) is 14.9 Å². The van der Waals surface area contributed by atoms with Crippen LogP contribution in [0.5, 0.6) is 0 Å². The van der Waals surface area contributed by atoms with E-state index < -0.39 is 48.6 Å². The molecule has 1 aliphatic carbocycles. The number of imidazole rings is 1. The van der Waals surface area contributed by atoms with Gasteiger partial charge in [-0.05, 0) is 12.8 Å². The Kier molecular flexibility index (Phi) is 5.79. The molecule has 6 atom stereocenters. The number of nitrogens with zero attached hydrogens (tertiary/aromatic N) is 3. The summed E-state index contributed by atoms with van der Waals surface area (Å²) in [5, 5.41) is 6.67. The van der Waals surface area contributed by atoms with E-state index >= 15 is 0 Å². The van der Waals surface area contributed by atoms with Gasteiger partial charge in [-0.3, -0.25) is 19.5 Å². The Hall–Kier alpha value is -2.99. The average molecular weight is 461 g/mol. The first-order valence-corrected chi connectivity index (χ1v) is 11.2. The maximum absolute atomic E-state index is 12.2. The van der Waals surface area contributed by atoms with Crippen LogP contribution in [0.25, 0.3) is 0 Å². The summed E-state index contributed by atoms with van der Waals surface area (Å²) in [6.45, 7) is 2.47. The van der Waals surface area contributed by atoms with Gasteiger partial charge in [0.2, 0.25) is 6.10 Å². The van der Waals surface area contributed by atoms with Crippen LogP contribution in [-0.2, 0) is 33.3 Å². The van der Waals surface area contributed by atoms with Crippen molar-refractivity contribution in [2.45, 2.75) is 88.8 Å². The van der Waals surface area contributed by atoms with Crippen LogP contribution in [0.1, 0.15) is 64.0 Å². The smallest absolute Gasteiger partial charge is 0.350 e. The number of aliphatic imine (C=N–C) groups is 1. The Morgan fingerprint density at radius 1 is 1.15 bits per heavy atom. The van der Waals surface area contributed by atoms with Crippen LogP contribution < -0.4 is 10.6 Å². The first kappa shape index (κ1) is 21.8. The van der Waals surface area contributed by atoms with Crippen LogP contribution in [-0.4, -0.2) is 64.3 Å². The minimum atomic E-state index is -1.23. The van der Waals surface area contributed by atoms with E-state index in [0.29, 0.717) is 17.6 Å². The number of fused-ring (bicyclic) bond motifs is 2. The molecule has 0 unspecified atom stereocenters. The van der Waals surface area contributed by atoms with Gasteiger partial charge in [-0.1, -0.05) is 19.3 Å². The third-order valence-electron chi connectivity index (χ3n) is 6.38. The fraction of sp³-hybridized carbons (Fsp3) is 0.667. The van der Waals surface area contributed by atoms with Crippen molar-refractivity contribution in [2.75, 3.05) is 5.32 Å². The Bertz CT molecular complexity index is 972. The molecule has 0 bridgehead atoms. The number of ether oxygens (including phenoxy) is 4. The molecular weight excluding hydrogens is 434 g/mol. The quantitative estimate of drug-likeness (QED) is 0.480. The number of carbonyl (C=O) groups excluding carboxylic acids is 3. The Labute approximate surface area is 190 Å². The third-order valence-corrected chi connectivity index (χ3v) is 6.38. The summed E-state index contributed by atoms with van der Waals surface area (Å²) in [6.07, 6.45) is 3.85. The fourth-order valence-electron chi connectivity index (χ4n) is 4.99. The monoisotopic (exact) mass is 461 g/mol. The second-order valence-electron chi connectivity index (χ2n) is 8.71. The van der Waals surface area contributed by atoms with Gasteiger partial charge in [0.15, 0.2) is 18.4 Å². The highest BCUT2D eigenvalue weighted by Crippen LogP contribution is 2.42. The van der Waals surface area contributed by atoms with Gasteiger partial charge in [0, 0.05) is 19.9 Å². The molecule has 0 aromatic carbocycles. The molecule has 12 heteroatoms. The predicted molar refractivity (Wildman–Crippen MR) is 112 cm³/mol. The van der Waals surface area contributed by atoms with E-state index in [4.69, 9.17) is 18.9 Å². The molecule has 0 amide bonds. The van der Waals surface area contributed by atoms with E-state index in [9.17, 15) is 14.4 Å². The lowest BCUT2D eigenvalue weighted by Gasteiger charge is -2.29. The molecule has 33 heavy (non-hydrogen) atoms. The number of anilines is 1. The summed E-state index contributed by atoms with van der Waals surface area (Å²) in [5.74, 6) is -1.29. The lowest BCUT2D eigenvalue weighted by molar-refractivity contribution is -0.174.